The number of oxazole rings is 1. The topological polar surface area (TPSA) is 127 Å². The van der Waals surface area contributed by atoms with E-state index in [1.807, 2.05) is 0 Å². The van der Waals surface area contributed by atoms with Crippen molar-refractivity contribution < 1.29 is 22.8 Å². The lowest BCUT2D eigenvalue weighted by Crippen LogP contribution is -2.24. The van der Waals surface area contributed by atoms with Crippen molar-refractivity contribution in [3.63, 3.8) is 0 Å². The molecule has 1 heterocycles. The summed E-state index contributed by atoms with van der Waals surface area (Å²) < 4.78 is 29.7. The van der Waals surface area contributed by atoms with E-state index in [1.54, 1.807) is 36.4 Å². The summed E-state index contributed by atoms with van der Waals surface area (Å²) in [6, 6.07) is 12.7. The second-order valence-electron chi connectivity index (χ2n) is 5.93. The maximum atomic E-state index is 12.0. The van der Waals surface area contributed by atoms with Gasteiger partial charge in [-0.1, -0.05) is 29.8 Å². The van der Waals surface area contributed by atoms with Crippen LogP contribution in [0.3, 0.4) is 0 Å². The quantitative estimate of drug-likeness (QED) is 0.481. The molecule has 28 heavy (non-hydrogen) atoms. The van der Waals surface area contributed by atoms with Gasteiger partial charge in [0.1, 0.15) is 12.1 Å². The molecule has 3 aromatic rings. The third-order valence-electron chi connectivity index (χ3n) is 3.89. The van der Waals surface area contributed by atoms with Gasteiger partial charge in [0.2, 0.25) is 15.9 Å². The first-order valence-corrected chi connectivity index (χ1v) is 9.92. The molecule has 0 radical (unpaired) electrons. The number of benzene rings is 2. The molecule has 146 valence electrons. The molecule has 2 aromatic carbocycles. The maximum absolute atomic E-state index is 12.0. The Balaban J connectivity index is 2.21. The molecule has 0 spiro atoms. The minimum atomic E-state index is -4.03. The summed E-state index contributed by atoms with van der Waals surface area (Å²) in [5, 5.41) is 15.5. The van der Waals surface area contributed by atoms with Crippen molar-refractivity contribution in [1.29, 1.82) is 0 Å². The number of amides is 1. The Morgan fingerprint density at radius 3 is 2.46 bits per heavy atom. The van der Waals surface area contributed by atoms with Crippen molar-refractivity contribution in [1.82, 2.24) is 10.0 Å². The molecule has 3 rings (SSSR count). The lowest BCUT2D eigenvalue weighted by atomic mass is 10.1. The van der Waals surface area contributed by atoms with E-state index in [-0.39, 0.29) is 34.2 Å². The van der Waals surface area contributed by atoms with Crippen LogP contribution in [0.15, 0.2) is 57.8 Å². The Morgan fingerprint density at radius 2 is 1.86 bits per heavy atom. The fourth-order valence-electron chi connectivity index (χ4n) is 2.57. The Morgan fingerprint density at radius 1 is 1.21 bits per heavy atom. The van der Waals surface area contributed by atoms with E-state index in [4.69, 9.17) is 21.2 Å². The van der Waals surface area contributed by atoms with E-state index >= 15 is 0 Å². The van der Waals surface area contributed by atoms with Crippen LogP contribution in [0, 0.1) is 0 Å². The zero-order valence-corrected chi connectivity index (χ0v) is 16.2. The summed E-state index contributed by atoms with van der Waals surface area (Å²) in [5.74, 6) is -0.388. The molecule has 0 aliphatic rings. The number of hydroxylamine groups is 2. The lowest BCUT2D eigenvalue weighted by molar-refractivity contribution is -0.158. The van der Waals surface area contributed by atoms with Crippen molar-refractivity contribution in [2.24, 2.45) is 5.14 Å². The van der Waals surface area contributed by atoms with Crippen molar-refractivity contribution >= 4 is 27.5 Å². The van der Waals surface area contributed by atoms with Crippen LogP contribution in [0.4, 0.5) is 0 Å². The van der Waals surface area contributed by atoms with Crippen LogP contribution in [0.25, 0.3) is 22.6 Å². The molecule has 0 unspecified atom stereocenters. The fourth-order valence-corrected chi connectivity index (χ4v) is 3.44. The summed E-state index contributed by atoms with van der Waals surface area (Å²) in [6.07, 6.45) is -0.314. The lowest BCUT2D eigenvalue weighted by Gasteiger charge is -2.07. The van der Waals surface area contributed by atoms with E-state index in [9.17, 15) is 18.4 Å². The van der Waals surface area contributed by atoms with Crippen molar-refractivity contribution in [2.75, 3.05) is 7.05 Å². The summed E-state index contributed by atoms with van der Waals surface area (Å²) in [5.41, 5.74) is 1.01. The molecular formula is C18H16ClN3O5S. The minimum absolute atomic E-state index is 0.00933. The molecule has 8 nitrogen and oxygen atoms in total. The van der Waals surface area contributed by atoms with Crippen LogP contribution in [-0.2, 0) is 21.2 Å². The molecule has 3 N–H and O–H groups in total. The average molecular weight is 422 g/mol. The Hall–Kier alpha value is -2.72. The molecule has 0 saturated heterocycles. The number of sulfonamides is 1. The van der Waals surface area contributed by atoms with Crippen LogP contribution >= 0.6 is 11.6 Å². The van der Waals surface area contributed by atoms with Gasteiger partial charge in [0.25, 0.3) is 5.91 Å². The standard InChI is InChI=1S/C18H16ClN3O5S/c1-22(24)16(23)10-15-21-17(13-4-2-3-5-14(13)28(20,25)26)18(27-15)11-6-8-12(19)9-7-11/h2-9,24H,10H2,1H3,(H2,20,25,26). The highest BCUT2D eigenvalue weighted by atomic mass is 35.5. The highest BCUT2D eigenvalue weighted by Gasteiger charge is 2.24. The number of rotatable bonds is 5. The summed E-state index contributed by atoms with van der Waals surface area (Å²) in [6.45, 7) is 0. The molecule has 0 aliphatic carbocycles. The number of halogens is 1. The molecule has 0 bridgehead atoms. The maximum Gasteiger partial charge on any atom is 0.254 e. The summed E-state index contributed by atoms with van der Waals surface area (Å²) >= 11 is 5.93. The smallest absolute Gasteiger partial charge is 0.254 e. The first-order valence-electron chi connectivity index (χ1n) is 8.00. The van der Waals surface area contributed by atoms with Gasteiger partial charge in [0.15, 0.2) is 5.76 Å². The predicted octanol–water partition coefficient (Wildman–Crippen LogP) is 2.70. The highest BCUT2D eigenvalue weighted by molar-refractivity contribution is 7.89. The number of primary sulfonamides is 1. The predicted molar refractivity (Wildman–Crippen MR) is 102 cm³/mol. The van der Waals surface area contributed by atoms with Crippen molar-refractivity contribution in [3.05, 3.63) is 59.4 Å². The van der Waals surface area contributed by atoms with Crippen molar-refractivity contribution in [3.8, 4) is 22.6 Å². The first-order chi connectivity index (χ1) is 13.2. The molecule has 0 fully saturated rings. The Labute approximate surface area is 166 Å². The third kappa shape index (κ3) is 4.23. The SMILES string of the molecule is CN(O)C(=O)Cc1nc(-c2ccccc2S(N)(=O)=O)c(-c2ccc(Cl)cc2)o1. The molecule has 0 aliphatic heterocycles. The summed E-state index contributed by atoms with van der Waals surface area (Å²) in [4.78, 5) is 16.0. The number of nitrogens with zero attached hydrogens (tertiary/aromatic N) is 2. The molecule has 10 heteroatoms. The summed E-state index contributed by atoms with van der Waals surface area (Å²) in [7, 11) is -2.85. The number of aromatic nitrogens is 1. The number of carbonyl (C=O) groups excluding carboxylic acids is 1. The molecule has 1 aromatic heterocycles. The van der Waals surface area contributed by atoms with Gasteiger partial charge in [0, 0.05) is 23.2 Å². The number of likely N-dealkylation sites (N-methyl/N-ethyl adjacent to an activating group) is 1. The second kappa shape index (κ2) is 7.72. The van der Waals surface area contributed by atoms with Crippen LogP contribution in [0.1, 0.15) is 5.89 Å². The van der Waals surface area contributed by atoms with E-state index < -0.39 is 15.9 Å². The first kappa shape index (κ1) is 20.0. The highest BCUT2D eigenvalue weighted by Crippen LogP contribution is 2.36. The number of hydrogen-bond acceptors (Lipinski definition) is 6. The molecule has 1 amide bonds. The molecule has 0 saturated carbocycles. The number of hydrogen-bond donors (Lipinski definition) is 2. The largest absolute Gasteiger partial charge is 0.439 e. The van der Waals surface area contributed by atoms with Crippen LogP contribution in [0.2, 0.25) is 5.02 Å². The van der Waals surface area contributed by atoms with Gasteiger partial charge in [0.05, 0.1) is 4.90 Å². The molecular weight excluding hydrogens is 406 g/mol. The minimum Gasteiger partial charge on any atom is -0.439 e. The van der Waals surface area contributed by atoms with Gasteiger partial charge in [-0.15, -0.1) is 0 Å². The Bertz CT molecular complexity index is 1120. The van der Waals surface area contributed by atoms with E-state index in [2.05, 4.69) is 4.98 Å². The zero-order chi connectivity index (χ0) is 20.5. The molecule has 0 atom stereocenters. The van der Waals surface area contributed by atoms with Crippen LogP contribution < -0.4 is 5.14 Å². The third-order valence-corrected chi connectivity index (χ3v) is 5.11. The van der Waals surface area contributed by atoms with E-state index in [1.165, 1.54) is 19.2 Å². The van der Waals surface area contributed by atoms with Crippen molar-refractivity contribution in [2.45, 2.75) is 11.3 Å². The van der Waals surface area contributed by atoms with Gasteiger partial charge in [-0.2, -0.15) is 0 Å². The van der Waals surface area contributed by atoms with Gasteiger partial charge < -0.3 is 4.42 Å². The normalized spacial score (nSPS) is 11.4. The van der Waals surface area contributed by atoms with E-state index in [0.717, 1.165) is 0 Å². The van der Waals surface area contributed by atoms with Crippen LogP contribution in [0.5, 0.6) is 0 Å². The zero-order valence-electron chi connectivity index (χ0n) is 14.7. The average Bonchev–Trinajstić information content (AvgIpc) is 3.05. The van der Waals surface area contributed by atoms with Gasteiger partial charge in [-0.05, 0) is 30.3 Å². The monoisotopic (exact) mass is 421 g/mol. The van der Waals surface area contributed by atoms with E-state index in [0.29, 0.717) is 15.6 Å². The van der Waals surface area contributed by atoms with Gasteiger partial charge >= 0.3 is 0 Å². The van der Waals surface area contributed by atoms with Crippen LogP contribution in [-0.4, -0.2) is 36.6 Å². The fraction of sp³-hybridized carbons (Fsp3) is 0.111. The van der Waals surface area contributed by atoms with Gasteiger partial charge in [-0.3, -0.25) is 10.0 Å². The second-order valence-corrected chi connectivity index (χ2v) is 7.89. The Kier molecular flexibility index (Phi) is 5.52. The van der Waals surface area contributed by atoms with Gasteiger partial charge in [-0.25, -0.2) is 23.6 Å². The number of carbonyl (C=O) groups is 1. The number of nitrogens with two attached hydrogens (primary N) is 1.